The number of carbonyl (C=O) groups excluding carboxylic acids is 2. The molecule has 2 amide bonds. The van der Waals surface area contributed by atoms with Crippen molar-refractivity contribution in [1.82, 2.24) is 39.4 Å². The molecule has 2 saturated carbocycles. The number of rotatable bonds is 12. The minimum absolute atomic E-state index is 0.0930. The van der Waals surface area contributed by atoms with Gasteiger partial charge in [0.1, 0.15) is 5.82 Å². The van der Waals surface area contributed by atoms with Crippen molar-refractivity contribution < 1.29 is 31.5 Å². The Bertz CT molecular complexity index is 3400. The second-order valence-corrected chi connectivity index (χ2v) is 17.4. The number of aromatic nitrogens is 6. The molecule has 0 atom stereocenters. The first kappa shape index (κ1) is 43.9. The first-order valence-electron chi connectivity index (χ1n) is 22.2. The van der Waals surface area contributed by atoms with Crippen molar-refractivity contribution in [3.8, 4) is 22.5 Å². The average Bonchev–Trinajstić information content (AvgIpc) is 4.24. The summed E-state index contributed by atoms with van der Waals surface area (Å²) < 4.78 is 73.5. The van der Waals surface area contributed by atoms with Crippen molar-refractivity contribution in [2.24, 2.45) is 5.92 Å². The molecule has 11 rings (SSSR count). The smallest absolute Gasteiger partial charge is 0.251 e. The van der Waals surface area contributed by atoms with Crippen LogP contribution in [0, 0.1) is 35.0 Å². The van der Waals surface area contributed by atoms with Gasteiger partial charge < -0.3 is 21.3 Å². The van der Waals surface area contributed by atoms with Crippen LogP contribution >= 0.6 is 0 Å². The van der Waals surface area contributed by atoms with E-state index in [9.17, 15) is 31.5 Å². The molecule has 2 aliphatic rings. The van der Waals surface area contributed by atoms with E-state index in [-0.39, 0.29) is 41.8 Å². The number of halogens is 5. The van der Waals surface area contributed by atoms with Gasteiger partial charge in [-0.15, -0.1) is 0 Å². The predicted octanol–water partition coefficient (Wildman–Crippen LogP) is 10.3. The van der Waals surface area contributed by atoms with Crippen molar-refractivity contribution >= 4 is 56.8 Å². The number of nitrogens with one attached hydrogen (secondary N) is 4. The fraction of sp³-hybridized carbons (Fsp3) is 0.216. The van der Waals surface area contributed by atoms with Crippen molar-refractivity contribution in [2.45, 2.75) is 58.2 Å². The van der Waals surface area contributed by atoms with Crippen LogP contribution in [0.3, 0.4) is 0 Å². The van der Waals surface area contributed by atoms with Crippen LogP contribution in [-0.4, -0.2) is 59.2 Å². The molecule has 2 fully saturated rings. The van der Waals surface area contributed by atoms with Gasteiger partial charge in [0.15, 0.2) is 46.2 Å². The van der Waals surface area contributed by atoms with Crippen LogP contribution < -0.4 is 21.3 Å². The van der Waals surface area contributed by atoms with Crippen LogP contribution in [0.4, 0.5) is 33.6 Å². The molecule has 0 unspecified atom stereocenters. The molecule has 2 aliphatic carbocycles. The maximum Gasteiger partial charge on any atom is 0.251 e. The van der Waals surface area contributed by atoms with Gasteiger partial charge in [0.05, 0.1) is 45.8 Å². The van der Waals surface area contributed by atoms with Gasteiger partial charge in [0.25, 0.3) is 11.8 Å². The van der Waals surface area contributed by atoms with Gasteiger partial charge in [0, 0.05) is 71.7 Å². The van der Waals surface area contributed by atoms with E-state index >= 15 is 0 Å². The average molecular weight is 923 g/mol. The number of fused-ring (bicyclic) bond motifs is 6. The molecular weight excluding hydrogens is 880 g/mol. The third kappa shape index (κ3) is 9.11. The highest BCUT2D eigenvalue weighted by molar-refractivity contribution is 5.96. The summed E-state index contributed by atoms with van der Waals surface area (Å²) in [5.74, 6) is -3.30. The number of nitrogens with zero attached hydrogens (tertiary/aromatic N) is 6. The SMILES string of the molecule is CC(C)CNc1nc2cc(F)c(F)cc2n2c(-c3ccc(C(=O)NC4CC4)cc3)cnc12.O=C(NC1CC1)c1ccc(-c2cnc3c(NCc4cccc(F)c4)nc4cc(F)c(F)cc4n23)cc1. The molecule has 0 radical (unpaired) electrons. The molecular formula is C51H43F5N10O2. The second-order valence-electron chi connectivity index (χ2n) is 17.4. The van der Waals surface area contributed by atoms with Gasteiger partial charge in [-0.05, 0) is 73.6 Å². The number of hydrogen-bond donors (Lipinski definition) is 4. The highest BCUT2D eigenvalue weighted by Crippen LogP contribution is 2.32. The van der Waals surface area contributed by atoms with E-state index in [2.05, 4.69) is 55.1 Å². The molecule has 0 bridgehead atoms. The summed E-state index contributed by atoms with van der Waals surface area (Å²) in [5, 5.41) is 12.3. The lowest BCUT2D eigenvalue weighted by Crippen LogP contribution is -2.25. The van der Waals surface area contributed by atoms with E-state index < -0.39 is 23.3 Å². The highest BCUT2D eigenvalue weighted by atomic mass is 19.2. The number of imidazole rings is 2. The Balaban J connectivity index is 0.000000160. The van der Waals surface area contributed by atoms with Gasteiger partial charge in [-0.1, -0.05) is 50.2 Å². The Morgan fingerprint density at radius 3 is 1.50 bits per heavy atom. The van der Waals surface area contributed by atoms with Gasteiger partial charge in [0.2, 0.25) is 0 Å². The van der Waals surface area contributed by atoms with E-state index in [4.69, 9.17) is 0 Å². The fourth-order valence-electron chi connectivity index (χ4n) is 7.81. The zero-order valence-electron chi connectivity index (χ0n) is 36.8. The lowest BCUT2D eigenvalue weighted by molar-refractivity contribution is 0.0942. The van der Waals surface area contributed by atoms with Crippen LogP contribution in [0.15, 0.2) is 109 Å². The Labute approximate surface area is 385 Å². The zero-order valence-corrected chi connectivity index (χ0v) is 36.8. The van der Waals surface area contributed by atoms with Crippen LogP contribution in [0.1, 0.15) is 65.8 Å². The maximum absolute atomic E-state index is 14.2. The van der Waals surface area contributed by atoms with Crippen LogP contribution in [0.2, 0.25) is 0 Å². The summed E-state index contributed by atoms with van der Waals surface area (Å²) in [6.45, 7) is 5.05. The largest absolute Gasteiger partial charge is 0.367 e. The first-order valence-corrected chi connectivity index (χ1v) is 22.2. The molecule has 5 aromatic carbocycles. The Kier molecular flexibility index (Phi) is 11.6. The minimum atomic E-state index is -1.02. The van der Waals surface area contributed by atoms with Crippen LogP contribution in [-0.2, 0) is 6.54 Å². The number of benzene rings is 5. The minimum Gasteiger partial charge on any atom is -0.367 e. The third-order valence-electron chi connectivity index (χ3n) is 11.7. The summed E-state index contributed by atoms with van der Waals surface area (Å²) in [5.41, 5.74) is 6.87. The van der Waals surface area contributed by atoms with E-state index in [0.717, 1.165) is 61.1 Å². The number of carbonyl (C=O) groups is 2. The summed E-state index contributed by atoms with van der Waals surface area (Å²) in [4.78, 5) is 42.7. The molecule has 4 N–H and O–H groups in total. The third-order valence-corrected chi connectivity index (χ3v) is 11.7. The zero-order chi connectivity index (χ0) is 47.2. The normalized spacial score (nSPS) is 13.5. The van der Waals surface area contributed by atoms with Crippen LogP contribution in [0.5, 0.6) is 0 Å². The van der Waals surface area contributed by atoms with Gasteiger partial charge in [-0.25, -0.2) is 41.9 Å². The molecule has 0 aliphatic heterocycles. The van der Waals surface area contributed by atoms with Crippen molar-refractivity contribution in [3.05, 3.63) is 155 Å². The molecule has 344 valence electrons. The first-order chi connectivity index (χ1) is 32.9. The topological polar surface area (TPSA) is 143 Å². The van der Waals surface area contributed by atoms with Crippen LogP contribution in [0.25, 0.3) is 55.9 Å². The summed E-state index contributed by atoms with van der Waals surface area (Å²) in [6.07, 6.45) is 7.34. The van der Waals surface area contributed by atoms with Crippen molar-refractivity contribution in [3.63, 3.8) is 0 Å². The molecule has 9 aromatic rings. The van der Waals surface area contributed by atoms with Gasteiger partial charge in [-0.3, -0.25) is 18.4 Å². The van der Waals surface area contributed by atoms with E-state index in [1.165, 1.54) is 12.1 Å². The quantitative estimate of drug-likeness (QED) is 0.0888. The molecule has 12 nitrogen and oxygen atoms in total. The van der Waals surface area contributed by atoms with Crippen molar-refractivity contribution in [1.29, 1.82) is 0 Å². The number of hydrogen-bond acceptors (Lipinski definition) is 8. The van der Waals surface area contributed by atoms with Gasteiger partial charge in [-0.2, -0.15) is 0 Å². The van der Waals surface area contributed by atoms with E-state index in [0.29, 0.717) is 80.0 Å². The lowest BCUT2D eigenvalue weighted by atomic mass is 10.1. The Hall–Kier alpha value is -7.95. The highest BCUT2D eigenvalue weighted by Gasteiger charge is 2.25. The molecule has 0 spiro atoms. The summed E-state index contributed by atoms with van der Waals surface area (Å²) >= 11 is 0. The number of amides is 2. The lowest BCUT2D eigenvalue weighted by Gasteiger charge is -2.13. The van der Waals surface area contributed by atoms with Crippen molar-refractivity contribution in [2.75, 3.05) is 17.2 Å². The molecule has 17 heteroatoms. The van der Waals surface area contributed by atoms with E-state index in [1.54, 1.807) is 69.7 Å². The molecule has 4 heterocycles. The summed E-state index contributed by atoms with van der Waals surface area (Å²) in [6, 6.07) is 25.2. The predicted molar refractivity (Wildman–Crippen MR) is 250 cm³/mol. The van der Waals surface area contributed by atoms with Gasteiger partial charge >= 0.3 is 0 Å². The van der Waals surface area contributed by atoms with E-state index in [1.807, 2.05) is 12.1 Å². The Morgan fingerprint density at radius 2 is 1.06 bits per heavy atom. The monoisotopic (exact) mass is 922 g/mol. The maximum atomic E-state index is 14.2. The second kappa shape index (κ2) is 18.0. The standard InChI is InChI=1S/C27H20F3N5O.C24H23F2N5O/c28-18-3-1-2-15(10-18)13-31-25-26-32-14-24(35(26)23-12-21(30)20(29)11-22(23)34-25)16-4-6-17(7-5-16)27(36)33-19-8-9-19;1-13(2)11-27-22-23-28-12-21(31(23)20-10-18(26)17(25)9-19(20)30-22)14-3-5-15(6-4-14)24(32)29-16-7-8-16/h1-7,10-12,14,19H,8-9,13H2,(H,31,34)(H,33,36);3-6,9-10,12-13,16H,7-8,11H2,1-2H3,(H,27,30)(H,29,32). The Morgan fingerprint density at radius 1 is 0.603 bits per heavy atom. The molecule has 4 aromatic heterocycles. The number of anilines is 2. The summed E-state index contributed by atoms with van der Waals surface area (Å²) in [7, 11) is 0. The molecule has 68 heavy (non-hydrogen) atoms. The fourth-order valence-corrected chi connectivity index (χ4v) is 7.81. The molecule has 0 saturated heterocycles.